The normalized spacial score (nSPS) is 13.3. The van der Waals surface area contributed by atoms with E-state index in [4.69, 9.17) is 16.3 Å². The summed E-state index contributed by atoms with van der Waals surface area (Å²) < 4.78 is 5.50. The van der Waals surface area contributed by atoms with Crippen LogP contribution in [0.4, 0.5) is 5.69 Å². The smallest absolute Gasteiger partial charge is 0.259 e. The van der Waals surface area contributed by atoms with Crippen molar-refractivity contribution in [3.63, 3.8) is 0 Å². The zero-order valence-corrected chi connectivity index (χ0v) is 14.1. The second-order valence-electron chi connectivity index (χ2n) is 5.79. The van der Waals surface area contributed by atoms with Crippen LogP contribution in [0, 0.1) is 13.8 Å². The molecular weight excluding hydrogens is 314 g/mol. The number of anilines is 1. The SMILES string of the molecule is Cc1ccc(OC[C@](C)(O)C(=O)Nc2ccc(Cl)c(C)c2)cc1. The molecule has 2 N–H and O–H groups in total. The maximum absolute atomic E-state index is 12.2. The molecule has 0 aromatic heterocycles. The van der Waals surface area contributed by atoms with Gasteiger partial charge in [0.2, 0.25) is 0 Å². The summed E-state index contributed by atoms with van der Waals surface area (Å²) in [5.74, 6) is 0.0670. The maximum Gasteiger partial charge on any atom is 0.259 e. The third-order valence-corrected chi connectivity index (χ3v) is 3.87. The third-order valence-electron chi connectivity index (χ3n) is 3.45. The lowest BCUT2D eigenvalue weighted by Gasteiger charge is -2.22. The van der Waals surface area contributed by atoms with Crippen molar-refractivity contribution in [2.75, 3.05) is 11.9 Å². The van der Waals surface area contributed by atoms with Gasteiger partial charge in [0.1, 0.15) is 12.4 Å². The van der Waals surface area contributed by atoms with Gasteiger partial charge in [-0.1, -0.05) is 29.3 Å². The minimum Gasteiger partial charge on any atom is -0.490 e. The first-order valence-electron chi connectivity index (χ1n) is 7.27. The highest BCUT2D eigenvalue weighted by Crippen LogP contribution is 2.21. The van der Waals surface area contributed by atoms with Gasteiger partial charge >= 0.3 is 0 Å². The molecule has 0 saturated carbocycles. The van der Waals surface area contributed by atoms with Crippen LogP contribution in [0.15, 0.2) is 42.5 Å². The van der Waals surface area contributed by atoms with E-state index >= 15 is 0 Å². The first-order valence-corrected chi connectivity index (χ1v) is 7.65. The van der Waals surface area contributed by atoms with Crippen LogP contribution < -0.4 is 10.1 Å². The van der Waals surface area contributed by atoms with Gasteiger partial charge in [-0.2, -0.15) is 0 Å². The van der Waals surface area contributed by atoms with Crippen LogP contribution in [0.25, 0.3) is 0 Å². The fourth-order valence-electron chi connectivity index (χ4n) is 1.91. The van der Waals surface area contributed by atoms with Crippen molar-refractivity contribution in [2.24, 2.45) is 0 Å². The molecule has 0 saturated heterocycles. The topological polar surface area (TPSA) is 58.6 Å². The van der Waals surface area contributed by atoms with E-state index < -0.39 is 11.5 Å². The van der Waals surface area contributed by atoms with Crippen molar-refractivity contribution < 1.29 is 14.6 Å². The van der Waals surface area contributed by atoms with E-state index in [1.165, 1.54) is 6.92 Å². The van der Waals surface area contributed by atoms with Gasteiger partial charge in [-0.15, -0.1) is 0 Å². The second-order valence-corrected chi connectivity index (χ2v) is 6.20. The Morgan fingerprint density at radius 2 is 1.87 bits per heavy atom. The van der Waals surface area contributed by atoms with Crippen LogP contribution in [0.3, 0.4) is 0 Å². The summed E-state index contributed by atoms with van der Waals surface area (Å²) in [6.07, 6.45) is 0. The van der Waals surface area contributed by atoms with Crippen molar-refractivity contribution in [3.05, 3.63) is 58.6 Å². The summed E-state index contributed by atoms with van der Waals surface area (Å²) in [5, 5.41) is 13.6. The molecule has 0 aliphatic carbocycles. The Morgan fingerprint density at radius 3 is 2.48 bits per heavy atom. The van der Waals surface area contributed by atoms with Gasteiger partial charge in [-0.3, -0.25) is 4.79 Å². The molecule has 4 nitrogen and oxygen atoms in total. The Morgan fingerprint density at radius 1 is 1.22 bits per heavy atom. The van der Waals surface area contributed by atoms with Gasteiger partial charge in [-0.05, 0) is 56.7 Å². The zero-order chi connectivity index (χ0) is 17.0. The first-order chi connectivity index (χ1) is 10.8. The van der Waals surface area contributed by atoms with Crippen molar-refractivity contribution in [3.8, 4) is 5.75 Å². The number of aliphatic hydroxyl groups is 1. The highest BCUT2D eigenvalue weighted by Gasteiger charge is 2.31. The Hall–Kier alpha value is -2.04. The van der Waals surface area contributed by atoms with Crippen LogP contribution in [-0.4, -0.2) is 23.2 Å². The van der Waals surface area contributed by atoms with E-state index in [1.54, 1.807) is 30.3 Å². The van der Waals surface area contributed by atoms with Crippen molar-refractivity contribution in [1.82, 2.24) is 0 Å². The number of benzene rings is 2. The van der Waals surface area contributed by atoms with Crippen molar-refractivity contribution in [1.29, 1.82) is 0 Å². The highest BCUT2D eigenvalue weighted by atomic mass is 35.5. The molecule has 5 heteroatoms. The van der Waals surface area contributed by atoms with Gasteiger partial charge in [0.15, 0.2) is 5.60 Å². The van der Waals surface area contributed by atoms with Gasteiger partial charge < -0.3 is 15.2 Å². The Kier molecular flexibility index (Phi) is 5.29. The minimum absolute atomic E-state index is 0.144. The van der Waals surface area contributed by atoms with Gasteiger partial charge in [-0.25, -0.2) is 0 Å². The third kappa shape index (κ3) is 4.71. The number of ether oxygens (including phenoxy) is 1. The number of rotatable bonds is 5. The largest absolute Gasteiger partial charge is 0.490 e. The van der Waals surface area contributed by atoms with Crippen LogP contribution in [-0.2, 0) is 4.79 Å². The zero-order valence-electron chi connectivity index (χ0n) is 13.4. The lowest BCUT2D eigenvalue weighted by atomic mass is 10.1. The molecule has 2 rings (SSSR count). The number of carbonyl (C=O) groups is 1. The summed E-state index contributed by atoms with van der Waals surface area (Å²) >= 11 is 5.95. The molecular formula is C18H20ClNO3. The molecule has 0 bridgehead atoms. The number of amides is 1. The number of halogens is 1. The Labute approximate surface area is 141 Å². The molecule has 1 amide bonds. The fraction of sp³-hybridized carbons (Fsp3) is 0.278. The average molecular weight is 334 g/mol. The molecule has 0 spiro atoms. The molecule has 23 heavy (non-hydrogen) atoms. The maximum atomic E-state index is 12.2. The minimum atomic E-state index is -1.65. The summed E-state index contributed by atoms with van der Waals surface area (Å²) in [7, 11) is 0. The predicted octanol–water partition coefficient (Wildman–Crippen LogP) is 3.73. The lowest BCUT2D eigenvalue weighted by molar-refractivity contribution is -0.135. The monoisotopic (exact) mass is 333 g/mol. The predicted molar refractivity (Wildman–Crippen MR) is 92.1 cm³/mol. The van der Waals surface area contributed by atoms with E-state index in [2.05, 4.69) is 5.32 Å². The Bertz CT molecular complexity index is 696. The highest BCUT2D eigenvalue weighted by molar-refractivity contribution is 6.31. The summed E-state index contributed by atoms with van der Waals surface area (Å²) in [6.45, 7) is 5.09. The van der Waals surface area contributed by atoms with E-state index in [9.17, 15) is 9.90 Å². The van der Waals surface area contributed by atoms with Crippen LogP contribution in [0.1, 0.15) is 18.1 Å². The molecule has 2 aromatic carbocycles. The molecule has 0 fully saturated rings. The van der Waals surface area contributed by atoms with Crippen LogP contribution in [0.5, 0.6) is 5.75 Å². The van der Waals surface area contributed by atoms with Crippen molar-refractivity contribution in [2.45, 2.75) is 26.4 Å². The van der Waals surface area contributed by atoms with E-state index in [0.717, 1.165) is 11.1 Å². The fourth-order valence-corrected chi connectivity index (χ4v) is 2.03. The first kappa shape index (κ1) is 17.3. The van der Waals surface area contributed by atoms with Gasteiger partial charge in [0.25, 0.3) is 5.91 Å². The van der Waals surface area contributed by atoms with Crippen LogP contribution >= 0.6 is 11.6 Å². The summed E-state index contributed by atoms with van der Waals surface area (Å²) in [4.78, 5) is 12.2. The van der Waals surface area contributed by atoms with Gasteiger partial charge in [0.05, 0.1) is 0 Å². The summed E-state index contributed by atoms with van der Waals surface area (Å²) in [5.41, 5.74) is 0.880. The quantitative estimate of drug-likeness (QED) is 0.876. The van der Waals surface area contributed by atoms with E-state index in [1.807, 2.05) is 26.0 Å². The molecule has 0 radical (unpaired) electrons. The number of aryl methyl sites for hydroxylation is 2. The number of nitrogens with one attached hydrogen (secondary N) is 1. The van der Waals surface area contributed by atoms with Crippen LogP contribution in [0.2, 0.25) is 5.02 Å². The molecule has 1 atom stereocenters. The average Bonchev–Trinajstić information content (AvgIpc) is 2.50. The summed E-state index contributed by atoms with van der Waals surface area (Å²) in [6, 6.07) is 12.5. The molecule has 0 unspecified atom stereocenters. The van der Waals surface area contributed by atoms with Gasteiger partial charge in [0, 0.05) is 10.7 Å². The molecule has 0 aliphatic heterocycles. The molecule has 122 valence electrons. The lowest BCUT2D eigenvalue weighted by Crippen LogP contribution is -2.45. The molecule has 0 aliphatic rings. The van der Waals surface area contributed by atoms with E-state index in [0.29, 0.717) is 16.5 Å². The van der Waals surface area contributed by atoms with E-state index in [-0.39, 0.29) is 6.61 Å². The Balaban J connectivity index is 1.98. The number of carbonyl (C=O) groups excluding carboxylic acids is 1. The van der Waals surface area contributed by atoms with Crippen molar-refractivity contribution >= 4 is 23.2 Å². The molecule has 2 aromatic rings. The second kappa shape index (κ2) is 7.02. The standard InChI is InChI=1S/C18H20ClNO3/c1-12-4-7-15(8-5-12)23-11-18(3,22)17(21)20-14-6-9-16(19)13(2)10-14/h4-10,22H,11H2,1-3H3,(H,20,21)/t18-/m0/s1. The number of hydrogen-bond donors (Lipinski definition) is 2. The number of hydrogen-bond acceptors (Lipinski definition) is 3. The molecule has 0 heterocycles.